The van der Waals surface area contributed by atoms with Crippen LogP contribution in [0.4, 0.5) is 13.2 Å². The molecular weight excluding hydrogens is 321 g/mol. The van der Waals surface area contributed by atoms with Gasteiger partial charge in [0.05, 0.1) is 6.61 Å². The number of hydrogen-bond acceptors (Lipinski definition) is 3. The molecule has 1 saturated heterocycles. The smallest absolute Gasteiger partial charge is 0.372 e. The van der Waals surface area contributed by atoms with Crippen molar-refractivity contribution in [3.8, 4) is 0 Å². The van der Waals surface area contributed by atoms with E-state index in [0.29, 0.717) is 0 Å². The van der Waals surface area contributed by atoms with Crippen LogP contribution >= 0.6 is 0 Å². The highest BCUT2D eigenvalue weighted by Gasteiger charge is 2.27. The van der Waals surface area contributed by atoms with E-state index in [9.17, 15) is 18.0 Å². The molecule has 0 aromatic heterocycles. The molecule has 1 heterocycles. The predicted molar refractivity (Wildman–Crippen MR) is 84.4 cm³/mol. The van der Waals surface area contributed by atoms with Crippen LogP contribution in [0.25, 0.3) is 0 Å². The fourth-order valence-electron chi connectivity index (χ4n) is 2.73. The van der Waals surface area contributed by atoms with E-state index < -0.39 is 12.8 Å². The van der Waals surface area contributed by atoms with Crippen LogP contribution < -0.4 is 5.32 Å². The normalized spacial score (nSPS) is 17.0. The molecule has 0 unspecified atom stereocenters. The number of nitrogens with zero attached hydrogens (tertiary/aromatic N) is 1. The lowest BCUT2D eigenvalue weighted by Crippen LogP contribution is -2.44. The molecule has 134 valence electrons. The maximum atomic E-state index is 11.9. The standard InChI is InChI=1S/C17H23F3N2O2/c18-17(19,20)13-24-11-8-16(23)21-15-6-9-22(10-7-15)12-14-4-2-1-3-5-14/h1-5,15H,6-13H2,(H,21,23). The first kappa shape index (κ1) is 18.7. The number of halogens is 3. The number of ether oxygens (including phenoxy) is 1. The minimum Gasteiger partial charge on any atom is -0.372 e. The highest BCUT2D eigenvalue weighted by molar-refractivity contribution is 5.76. The largest absolute Gasteiger partial charge is 0.411 e. The van der Waals surface area contributed by atoms with Crippen molar-refractivity contribution >= 4 is 5.91 Å². The Morgan fingerprint density at radius 3 is 2.50 bits per heavy atom. The highest BCUT2D eigenvalue weighted by Crippen LogP contribution is 2.15. The van der Waals surface area contributed by atoms with Gasteiger partial charge in [-0.15, -0.1) is 0 Å². The van der Waals surface area contributed by atoms with E-state index in [4.69, 9.17) is 0 Å². The van der Waals surface area contributed by atoms with E-state index in [-0.39, 0.29) is 25.0 Å². The Bertz CT molecular complexity index is 500. The summed E-state index contributed by atoms with van der Waals surface area (Å²) < 4.78 is 40.2. The third-order valence-corrected chi connectivity index (χ3v) is 3.94. The molecule has 0 spiro atoms. The average Bonchev–Trinajstić information content (AvgIpc) is 2.54. The van der Waals surface area contributed by atoms with Crippen LogP contribution in [0.5, 0.6) is 0 Å². The molecule has 1 aromatic rings. The number of alkyl halides is 3. The van der Waals surface area contributed by atoms with Gasteiger partial charge in [-0.2, -0.15) is 13.2 Å². The van der Waals surface area contributed by atoms with Crippen molar-refractivity contribution in [2.75, 3.05) is 26.3 Å². The molecule has 0 bridgehead atoms. The average molecular weight is 344 g/mol. The van der Waals surface area contributed by atoms with Gasteiger partial charge in [-0.3, -0.25) is 9.69 Å². The Labute approximate surface area is 140 Å². The van der Waals surface area contributed by atoms with Crippen molar-refractivity contribution in [2.24, 2.45) is 0 Å². The summed E-state index contributed by atoms with van der Waals surface area (Å²) >= 11 is 0. The van der Waals surface area contributed by atoms with Gasteiger partial charge in [0.25, 0.3) is 0 Å². The number of amides is 1. The molecule has 1 aliphatic rings. The number of carbonyl (C=O) groups is 1. The molecule has 7 heteroatoms. The van der Waals surface area contributed by atoms with Gasteiger partial charge >= 0.3 is 6.18 Å². The second-order valence-corrected chi connectivity index (χ2v) is 6.02. The van der Waals surface area contributed by atoms with Crippen LogP contribution in [0.2, 0.25) is 0 Å². The van der Waals surface area contributed by atoms with Gasteiger partial charge in [0.2, 0.25) is 5.91 Å². The molecule has 1 N–H and O–H groups in total. The summed E-state index contributed by atoms with van der Waals surface area (Å²) in [5.74, 6) is -0.251. The van der Waals surface area contributed by atoms with E-state index in [1.165, 1.54) is 5.56 Å². The molecule has 1 fully saturated rings. The molecule has 0 atom stereocenters. The lowest BCUT2D eigenvalue weighted by molar-refractivity contribution is -0.174. The first-order valence-electron chi connectivity index (χ1n) is 8.12. The third-order valence-electron chi connectivity index (χ3n) is 3.94. The summed E-state index contributed by atoms with van der Waals surface area (Å²) in [5, 5.41) is 2.87. The van der Waals surface area contributed by atoms with Gasteiger partial charge in [-0.05, 0) is 18.4 Å². The second-order valence-electron chi connectivity index (χ2n) is 6.02. The van der Waals surface area contributed by atoms with E-state index >= 15 is 0 Å². The van der Waals surface area contributed by atoms with Crippen LogP contribution in [0, 0.1) is 0 Å². The van der Waals surface area contributed by atoms with Crippen LogP contribution in [0.15, 0.2) is 30.3 Å². The molecule has 2 rings (SSSR count). The van der Waals surface area contributed by atoms with Gasteiger partial charge in [-0.25, -0.2) is 0 Å². The Morgan fingerprint density at radius 2 is 1.88 bits per heavy atom. The topological polar surface area (TPSA) is 41.6 Å². The monoisotopic (exact) mass is 344 g/mol. The molecular formula is C17H23F3N2O2. The van der Waals surface area contributed by atoms with Crippen molar-refractivity contribution in [1.29, 1.82) is 0 Å². The fraction of sp³-hybridized carbons (Fsp3) is 0.588. The minimum atomic E-state index is -4.35. The zero-order valence-corrected chi connectivity index (χ0v) is 13.5. The van der Waals surface area contributed by atoms with E-state index in [1.807, 2.05) is 18.2 Å². The summed E-state index contributed by atoms with van der Waals surface area (Å²) in [5.41, 5.74) is 1.27. The molecule has 4 nitrogen and oxygen atoms in total. The number of carbonyl (C=O) groups excluding carboxylic acids is 1. The first-order valence-corrected chi connectivity index (χ1v) is 8.12. The molecule has 1 aliphatic heterocycles. The van der Waals surface area contributed by atoms with Crippen LogP contribution in [0.1, 0.15) is 24.8 Å². The molecule has 1 amide bonds. The van der Waals surface area contributed by atoms with Crippen LogP contribution in [0.3, 0.4) is 0 Å². The number of likely N-dealkylation sites (tertiary alicyclic amines) is 1. The Morgan fingerprint density at radius 1 is 1.21 bits per heavy atom. The number of rotatable bonds is 7. The van der Waals surface area contributed by atoms with Crippen molar-refractivity contribution in [1.82, 2.24) is 10.2 Å². The van der Waals surface area contributed by atoms with Crippen molar-refractivity contribution < 1.29 is 22.7 Å². The summed E-state index contributed by atoms with van der Waals surface area (Å²) in [7, 11) is 0. The molecule has 0 radical (unpaired) electrons. The van der Waals surface area contributed by atoms with Crippen molar-refractivity contribution in [3.05, 3.63) is 35.9 Å². The number of nitrogens with one attached hydrogen (secondary N) is 1. The summed E-state index contributed by atoms with van der Waals surface area (Å²) in [4.78, 5) is 14.1. The van der Waals surface area contributed by atoms with E-state index in [0.717, 1.165) is 32.5 Å². The Balaban J connectivity index is 1.59. The zero-order valence-electron chi connectivity index (χ0n) is 13.5. The van der Waals surface area contributed by atoms with Crippen molar-refractivity contribution in [3.63, 3.8) is 0 Å². The number of benzene rings is 1. The summed E-state index contributed by atoms with van der Waals surface area (Å²) in [6.45, 7) is 1.16. The maximum Gasteiger partial charge on any atom is 0.411 e. The first-order chi connectivity index (χ1) is 11.4. The molecule has 0 aliphatic carbocycles. The molecule has 0 saturated carbocycles. The number of hydrogen-bond donors (Lipinski definition) is 1. The molecule has 24 heavy (non-hydrogen) atoms. The summed E-state index contributed by atoms with van der Waals surface area (Å²) in [6, 6.07) is 10.3. The number of piperidine rings is 1. The predicted octanol–water partition coefficient (Wildman–Crippen LogP) is 2.74. The lowest BCUT2D eigenvalue weighted by Gasteiger charge is -2.32. The molecule has 1 aromatic carbocycles. The Kier molecular flexibility index (Phi) is 7.05. The highest BCUT2D eigenvalue weighted by atomic mass is 19.4. The van der Waals surface area contributed by atoms with Gasteiger partial charge in [0.15, 0.2) is 0 Å². The van der Waals surface area contributed by atoms with E-state index in [1.54, 1.807) is 0 Å². The minimum absolute atomic E-state index is 0.0414. The Hall–Kier alpha value is -1.60. The van der Waals surface area contributed by atoms with Gasteiger partial charge < -0.3 is 10.1 Å². The maximum absolute atomic E-state index is 11.9. The lowest BCUT2D eigenvalue weighted by atomic mass is 10.0. The zero-order chi connectivity index (χ0) is 17.4. The van der Waals surface area contributed by atoms with Gasteiger partial charge in [0.1, 0.15) is 6.61 Å². The van der Waals surface area contributed by atoms with E-state index in [2.05, 4.69) is 27.1 Å². The van der Waals surface area contributed by atoms with Crippen molar-refractivity contribution in [2.45, 2.75) is 38.0 Å². The van der Waals surface area contributed by atoms with Gasteiger partial charge in [-0.1, -0.05) is 30.3 Å². The van der Waals surface area contributed by atoms with Crippen LogP contribution in [-0.4, -0.2) is 49.3 Å². The summed E-state index contributed by atoms with van der Waals surface area (Å²) in [6.07, 6.45) is -2.69. The van der Waals surface area contributed by atoms with Gasteiger partial charge in [0, 0.05) is 32.1 Å². The second kappa shape index (κ2) is 9.03. The van der Waals surface area contributed by atoms with Crippen LogP contribution in [-0.2, 0) is 16.1 Å². The third kappa shape index (κ3) is 7.31. The fourth-order valence-corrected chi connectivity index (χ4v) is 2.73. The SMILES string of the molecule is O=C(CCOCC(F)(F)F)NC1CCN(Cc2ccccc2)CC1. The quantitative estimate of drug-likeness (QED) is 0.774.